The molecule has 0 aliphatic rings. The molecule has 1 heterocycles. The van der Waals surface area contributed by atoms with Crippen LogP contribution >= 0.6 is 11.3 Å². The highest BCUT2D eigenvalue weighted by molar-refractivity contribution is 7.13. The van der Waals surface area contributed by atoms with E-state index in [1.165, 1.54) is 0 Å². The van der Waals surface area contributed by atoms with Gasteiger partial charge in [0, 0.05) is 11.1 Å². The minimum atomic E-state index is 1.03. The fraction of sp³-hybridized carbons (Fsp3) is 0. The smallest absolute Gasteiger partial charge is 0.0785 e. The molecule has 3 aromatic rings. The summed E-state index contributed by atoms with van der Waals surface area (Å²) in [5.74, 6) is 12.7. The van der Waals surface area contributed by atoms with Gasteiger partial charge in [-0.25, -0.2) is 0 Å². The fourth-order valence-corrected chi connectivity index (χ4v) is 2.50. The van der Waals surface area contributed by atoms with E-state index < -0.39 is 0 Å². The van der Waals surface area contributed by atoms with Gasteiger partial charge in [0.2, 0.25) is 0 Å². The normalized spacial score (nSPS) is 9.14. The average Bonchev–Trinajstić information content (AvgIpc) is 3.01. The van der Waals surface area contributed by atoms with Crippen molar-refractivity contribution in [3.8, 4) is 23.7 Å². The highest BCUT2D eigenvalue weighted by Crippen LogP contribution is 2.14. The van der Waals surface area contributed by atoms with Crippen LogP contribution < -0.4 is 0 Å². The standard InChI is InChI=1S/C20H12S/c1-3-7-17(8-4-1)11-13-19-15-16-20(21-19)14-12-18-9-5-2-6-10-18/h1-10,15-16H. The largest absolute Gasteiger partial charge is 0.118 e. The van der Waals surface area contributed by atoms with Gasteiger partial charge in [-0.15, -0.1) is 11.3 Å². The van der Waals surface area contributed by atoms with Crippen LogP contribution in [0.15, 0.2) is 72.8 Å². The van der Waals surface area contributed by atoms with E-state index in [9.17, 15) is 0 Å². The molecule has 0 bridgehead atoms. The lowest BCUT2D eigenvalue weighted by atomic mass is 10.2. The van der Waals surface area contributed by atoms with E-state index in [0.29, 0.717) is 0 Å². The summed E-state index contributed by atoms with van der Waals surface area (Å²) in [5.41, 5.74) is 2.06. The Morgan fingerprint density at radius 3 is 1.33 bits per heavy atom. The van der Waals surface area contributed by atoms with Gasteiger partial charge in [0.1, 0.15) is 0 Å². The SMILES string of the molecule is C(#Cc1ccc(C#Cc2ccccc2)s1)c1ccccc1. The molecule has 0 atom stereocenters. The quantitative estimate of drug-likeness (QED) is 0.531. The molecule has 1 aromatic heterocycles. The number of thiophene rings is 1. The van der Waals surface area contributed by atoms with Crippen LogP contribution in [0.4, 0.5) is 0 Å². The first-order chi connectivity index (χ1) is 10.4. The van der Waals surface area contributed by atoms with Gasteiger partial charge in [0.25, 0.3) is 0 Å². The summed E-state index contributed by atoms with van der Waals surface area (Å²) in [6, 6.07) is 24.1. The van der Waals surface area contributed by atoms with Gasteiger partial charge in [-0.3, -0.25) is 0 Å². The van der Waals surface area contributed by atoms with Crippen molar-refractivity contribution in [2.24, 2.45) is 0 Å². The van der Waals surface area contributed by atoms with Gasteiger partial charge in [-0.05, 0) is 36.4 Å². The first-order valence-corrected chi connectivity index (χ1v) is 7.46. The predicted molar refractivity (Wildman–Crippen MR) is 89.2 cm³/mol. The molecule has 2 aromatic carbocycles. The molecular formula is C20H12S. The summed E-state index contributed by atoms with van der Waals surface area (Å²) >= 11 is 1.62. The summed E-state index contributed by atoms with van der Waals surface area (Å²) in [6.45, 7) is 0. The van der Waals surface area contributed by atoms with Crippen LogP contribution in [0.1, 0.15) is 20.9 Å². The van der Waals surface area contributed by atoms with Crippen LogP contribution in [-0.4, -0.2) is 0 Å². The Balaban J connectivity index is 1.76. The summed E-state index contributed by atoms with van der Waals surface area (Å²) in [5, 5.41) is 0. The van der Waals surface area contributed by atoms with Gasteiger partial charge in [-0.2, -0.15) is 0 Å². The van der Waals surface area contributed by atoms with Crippen LogP contribution in [0, 0.1) is 23.7 Å². The number of hydrogen-bond acceptors (Lipinski definition) is 1. The minimum Gasteiger partial charge on any atom is -0.118 e. The molecule has 0 aliphatic heterocycles. The molecule has 3 rings (SSSR count). The fourth-order valence-electron chi connectivity index (χ4n) is 1.78. The number of benzene rings is 2. The van der Waals surface area contributed by atoms with Gasteiger partial charge in [0.15, 0.2) is 0 Å². The molecule has 98 valence electrons. The molecule has 21 heavy (non-hydrogen) atoms. The third-order valence-corrected chi connectivity index (χ3v) is 3.73. The maximum absolute atomic E-state index is 3.18. The monoisotopic (exact) mass is 284 g/mol. The lowest BCUT2D eigenvalue weighted by Gasteiger charge is -1.86. The Morgan fingerprint density at radius 2 is 0.905 bits per heavy atom. The van der Waals surface area contributed by atoms with Gasteiger partial charge in [0.05, 0.1) is 9.75 Å². The molecule has 0 N–H and O–H groups in total. The van der Waals surface area contributed by atoms with E-state index in [4.69, 9.17) is 0 Å². The lowest BCUT2D eigenvalue weighted by Crippen LogP contribution is -1.70. The Labute approximate surface area is 129 Å². The summed E-state index contributed by atoms with van der Waals surface area (Å²) in [7, 11) is 0. The van der Waals surface area contributed by atoms with Crippen molar-refractivity contribution in [2.45, 2.75) is 0 Å². The summed E-state index contributed by atoms with van der Waals surface area (Å²) < 4.78 is 0. The number of hydrogen-bond donors (Lipinski definition) is 0. The Bertz CT molecular complexity index is 763. The summed E-state index contributed by atoms with van der Waals surface area (Å²) in [4.78, 5) is 2.08. The first-order valence-electron chi connectivity index (χ1n) is 6.64. The van der Waals surface area contributed by atoms with Crippen LogP contribution in [-0.2, 0) is 0 Å². The molecule has 1 heteroatoms. The predicted octanol–water partition coefficient (Wildman–Crippen LogP) is 4.55. The molecular weight excluding hydrogens is 272 g/mol. The van der Waals surface area contributed by atoms with Crippen molar-refractivity contribution in [2.75, 3.05) is 0 Å². The second-order valence-electron chi connectivity index (χ2n) is 4.40. The van der Waals surface area contributed by atoms with E-state index in [2.05, 4.69) is 23.7 Å². The zero-order valence-electron chi connectivity index (χ0n) is 11.3. The van der Waals surface area contributed by atoms with Crippen molar-refractivity contribution >= 4 is 11.3 Å². The van der Waals surface area contributed by atoms with Crippen LogP contribution in [0.3, 0.4) is 0 Å². The topological polar surface area (TPSA) is 0 Å². The van der Waals surface area contributed by atoms with Crippen molar-refractivity contribution in [1.82, 2.24) is 0 Å². The van der Waals surface area contributed by atoms with Crippen molar-refractivity contribution in [1.29, 1.82) is 0 Å². The minimum absolute atomic E-state index is 1.03. The van der Waals surface area contributed by atoms with Crippen LogP contribution in [0.5, 0.6) is 0 Å². The van der Waals surface area contributed by atoms with Gasteiger partial charge in [-0.1, -0.05) is 60.1 Å². The molecule has 0 nitrogen and oxygen atoms in total. The van der Waals surface area contributed by atoms with Gasteiger partial charge >= 0.3 is 0 Å². The van der Waals surface area contributed by atoms with Crippen molar-refractivity contribution < 1.29 is 0 Å². The third kappa shape index (κ3) is 3.86. The second-order valence-corrected chi connectivity index (χ2v) is 5.48. The molecule has 0 radical (unpaired) electrons. The molecule has 0 saturated carbocycles. The Morgan fingerprint density at radius 1 is 0.476 bits per heavy atom. The second kappa shape index (κ2) is 6.62. The molecule has 0 spiro atoms. The molecule has 0 unspecified atom stereocenters. The Kier molecular flexibility index (Phi) is 4.18. The van der Waals surface area contributed by atoms with Crippen LogP contribution in [0.25, 0.3) is 0 Å². The molecule has 0 aliphatic carbocycles. The maximum atomic E-state index is 3.18. The molecule has 0 saturated heterocycles. The van der Waals surface area contributed by atoms with Crippen molar-refractivity contribution in [3.63, 3.8) is 0 Å². The van der Waals surface area contributed by atoms with Crippen LogP contribution in [0.2, 0.25) is 0 Å². The molecule has 0 fully saturated rings. The number of rotatable bonds is 0. The summed E-state index contributed by atoms with van der Waals surface area (Å²) in [6.07, 6.45) is 0. The maximum Gasteiger partial charge on any atom is 0.0785 e. The molecule has 0 amide bonds. The third-order valence-electron chi connectivity index (χ3n) is 2.81. The highest BCUT2D eigenvalue weighted by Gasteiger charge is 1.94. The zero-order chi connectivity index (χ0) is 14.3. The van der Waals surface area contributed by atoms with E-state index in [-0.39, 0.29) is 0 Å². The van der Waals surface area contributed by atoms with E-state index in [0.717, 1.165) is 20.9 Å². The van der Waals surface area contributed by atoms with Gasteiger partial charge < -0.3 is 0 Å². The van der Waals surface area contributed by atoms with E-state index >= 15 is 0 Å². The first kappa shape index (κ1) is 13.3. The Hall–Kier alpha value is -2.74. The lowest BCUT2D eigenvalue weighted by molar-refractivity contribution is 1.65. The average molecular weight is 284 g/mol. The van der Waals surface area contributed by atoms with Crippen molar-refractivity contribution in [3.05, 3.63) is 93.7 Å². The zero-order valence-corrected chi connectivity index (χ0v) is 12.2. The van der Waals surface area contributed by atoms with E-state index in [1.54, 1.807) is 11.3 Å². The highest BCUT2D eigenvalue weighted by atomic mass is 32.1. The van der Waals surface area contributed by atoms with E-state index in [1.807, 2.05) is 72.8 Å².